The van der Waals surface area contributed by atoms with Crippen LogP contribution >= 0.6 is 0 Å². The molecule has 0 spiro atoms. The van der Waals surface area contributed by atoms with E-state index >= 15 is 0 Å². The van der Waals surface area contributed by atoms with E-state index in [2.05, 4.69) is 0 Å². The molecule has 4 nitrogen and oxygen atoms in total. The van der Waals surface area contributed by atoms with E-state index in [9.17, 15) is 9.59 Å². The van der Waals surface area contributed by atoms with E-state index in [1.807, 2.05) is 0 Å². The molecule has 0 fully saturated rings. The van der Waals surface area contributed by atoms with Gasteiger partial charge in [0.05, 0.1) is 0 Å². The fraction of sp³-hybridized carbons (Fsp3) is 0. The molecule has 0 amide bonds. The summed E-state index contributed by atoms with van der Waals surface area (Å²) in [5.74, 6) is -0.0511. The van der Waals surface area contributed by atoms with Gasteiger partial charge in [-0.3, -0.25) is 0 Å². The molecule has 0 aliphatic carbocycles. The topological polar surface area (TPSA) is 74.6 Å². The van der Waals surface area contributed by atoms with Crippen molar-refractivity contribution in [2.45, 2.75) is 0 Å². The second-order valence-corrected chi connectivity index (χ2v) is 0.860. The quantitative estimate of drug-likeness (QED) is 0.315. The number of hydrogen-bond donors (Lipinski definition) is 2. The van der Waals surface area contributed by atoms with Crippen molar-refractivity contribution in [3.8, 4) is 11.8 Å². The van der Waals surface area contributed by atoms with Gasteiger partial charge in [0.2, 0.25) is 0 Å². The molecular formula is C4H4Na2O4. The number of hydrogen-bond acceptors (Lipinski definition) is 2. The first-order valence-electron chi connectivity index (χ1n) is 1.61. The van der Waals surface area contributed by atoms with Gasteiger partial charge in [0, 0.05) is 11.8 Å². The van der Waals surface area contributed by atoms with Crippen LogP contribution in [0.15, 0.2) is 0 Å². The Hall–Kier alpha value is 0.500. The van der Waals surface area contributed by atoms with Crippen molar-refractivity contribution in [3.63, 3.8) is 0 Å². The van der Waals surface area contributed by atoms with Crippen molar-refractivity contribution in [1.29, 1.82) is 0 Å². The second-order valence-electron chi connectivity index (χ2n) is 0.860. The maximum atomic E-state index is 9.47. The van der Waals surface area contributed by atoms with Gasteiger partial charge in [0.1, 0.15) is 0 Å². The molecule has 0 rings (SSSR count). The van der Waals surface area contributed by atoms with Crippen LogP contribution in [-0.2, 0) is 9.59 Å². The van der Waals surface area contributed by atoms with Gasteiger partial charge in [-0.15, -0.1) is 0 Å². The second kappa shape index (κ2) is 9.50. The van der Waals surface area contributed by atoms with Gasteiger partial charge >= 0.3 is 71.1 Å². The van der Waals surface area contributed by atoms with Crippen LogP contribution in [0.5, 0.6) is 0 Å². The van der Waals surface area contributed by atoms with E-state index in [-0.39, 0.29) is 59.1 Å². The summed E-state index contributed by atoms with van der Waals surface area (Å²) in [5, 5.41) is 15.5. The summed E-state index contributed by atoms with van der Waals surface area (Å²) in [6.45, 7) is 0. The standard InChI is InChI=1S/C4H2O4.2Na.2H/c5-3(6)1-2-4(7)8;;;;/h(H,5,6)(H,7,8);;;;. The molecule has 0 saturated carbocycles. The van der Waals surface area contributed by atoms with Gasteiger partial charge in [0.15, 0.2) is 0 Å². The number of rotatable bonds is 0. The Morgan fingerprint density at radius 2 is 1.10 bits per heavy atom. The zero-order valence-corrected chi connectivity index (χ0v) is 3.71. The van der Waals surface area contributed by atoms with Crippen molar-refractivity contribution in [1.82, 2.24) is 0 Å². The molecule has 6 heteroatoms. The molecule has 0 radical (unpaired) electrons. The van der Waals surface area contributed by atoms with Crippen molar-refractivity contribution in [3.05, 3.63) is 0 Å². The first-order chi connectivity index (χ1) is 3.63. The molecule has 0 aliphatic rings. The monoisotopic (exact) mass is 162 g/mol. The molecule has 10 heavy (non-hydrogen) atoms. The molecule has 0 bridgehead atoms. The van der Waals surface area contributed by atoms with Gasteiger partial charge in [-0.1, -0.05) is 0 Å². The normalized spacial score (nSPS) is 5.20. The van der Waals surface area contributed by atoms with E-state index in [0.29, 0.717) is 0 Å². The third-order valence-corrected chi connectivity index (χ3v) is 0.276. The van der Waals surface area contributed by atoms with Gasteiger partial charge < -0.3 is 10.2 Å². The van der Waals surface area contributed by atoms with E-state index in [0.717, 1.165) is 0 Å². The molecule has 0 saturated heterocycles. The Balaban J connectivity index is -0.000000245. The Labute approximate surface area is 102 Å². The fourth-order valence-electron chi connectivity index (χ4n) is 0.107. The predicted octanol–water partition coefficient (Wildman–Crippen LogP) is -2.14. The van der Waals surface area contributed by atoms with Crippen molar-refractivity contribution in [2.75, 3.05) is 0 Å². The number of carboxylic acid groups (broad SMARTS) is 2. The molecule has 2 N–H and O–H groups in total. The molecule has 0 aromatic heterocycles. The van der Waals surface area contributed by atoms with Crippen LogP contribution in [0.25, 0.3) is 0 Å². The minimum absolute atomic E-state index is 0. The Kier molecular flexibility index (Phi) is 16.0. The SMILES string of the molecule is O=C(O)C#CC(=O)O.[NaH].[NaH]. The van der Waals surface area contributed by atoms with Crippen LogP contribution in [0.4, 0.5) is 0 Å². The third-order valence-electron chi connectivity index (χ3n) is 0.276. The van der Waals surface area contributed by atoms with Crippen LogP contribution in [-0.4, -0.2) is 81.3 Å². The first kappa shape index (κ1) is 16.8. The Morgan fingerprint density at radius 3 is 1.20 bits per heavy atom. The number of carbonyl (C=O) groups is 2. The van der Waals surface area contributed by atoms with Crippen LogP contribution < -0.4 is 0 Å². The van der Waals surface area contributed by atoms with Crippen LogP contribution in [0.3, 0.4) is 0 Å². The Bertz CT molecular complexity index is 159. The summed E-state index contributed by atoms with van der Waals surface area (Å²) in [4.78, 5) is 18.9. The summed E-state index contributed by atoms with van der Waals surface area (Å²) in [7, 11) is 0. The zero-order valence-electron chi connectivity index (χ0n) is 3.71. The number of carboxylic acids is 2. The van der Waals surface area contributed by atoms with Crippen LogP contribution in [0, 0.1) is 11.8 Å². The summed E-state index contributed by atoms with van der Waals surface area (Å²) in [5.41, 5.74) is 0. The molecule has 0 aliphatic heterocycles. The average molecular weight is 162 g/mol. The number of aliphatic carboxylic acids is 2. The molecular weight excluding hydrogens is 158 g/mol. The van der Waals surface area contributed by atoms with E-state index < -0.39 is 11.9 Å². The van der Waals surface area contributed by atoms with E-state index in [1.54, 1.807) is 0 Å². The van der Waals surface area contributed by atoms with Crippen molar-refractivity contribution in [2.24, 2.45) is 0 Å². The summed E-state index contributed by atoms with van der Waals surface area (Å²) in [6.07, 6.45) is 0. The van der Waals surface area contributed by atoms with Crippen molar-refractivity contribution < 1.29 is 19.8 Å². The van der Waals surface area contributed by atoms with Crippen LogP contribution in [0.1, 0.15) is 0 Å². The first-order valence-corrected chi connectivity index (χ1v) is 1.61. The summed E-state index contributed by atoms with van der Waals surface area (Å²) in [6, 6.07) is 0. The fourth-order valence-corrected chi connectivity index (χ4v) is 0.107. The third kappa shape index (κ3) is 15.8. The van der Waals surface area contributed by atoms with E-state index in [4.69, 9.17) is 10.2 Å². The minimum atomic E-state index is -1.44. The Morgan fingerprint density at radius 1 is 0.900 bits per heavy atom. The zero-order chi connectivity index (χ0) is 6.57. The molecule has 0 aromatic carbocycles. The molecule has 0 unspecified atom stereocenters. The van der Waals surface area contributed by atoms with Gasteiger partial charge in [-0.25, -0.2) is 9.59 Å². The summed E-state index contributed by atoms with van der Waals surface area (Å²) < 4.78 is 0. The van der Waals surface area contributed by atoms with Gasteiger partial charge in [-0.05, 0) is 0 Å². The summed E-state index contributed by atoms with van der Waals surface area (Å²) >= 11 is 0. The van der Waals surface area contributed by atoms with Crippen molar-refractivity contribution >= 4 is 71.1 Å². The van der Waals surface area contributed by atoms with Crippen LogP contribution in [0.2, 0.25) is 0 Å². The average Bonchev–Trinajstić information content (AvgIpc) is 1.61. The predicted molar refractivity (Wildman–Crippen MR) is 37.3 cm³/mol. The molecule has 0 atom stereocenters. The molecule has 46 valence electrons. The molecule has 0 heterocycles. The van der Waals surface area contributed by atoms with E-state index in [1.165, 1.54) is 11.8 Å². The van der Waals surface area contributed by atoms with Gasteiger partial charge in [0.25, 0.3) is 0 Å². The maximum absolute atomic E-state index is 9.47. The molecule has 0 aromatic rings. The van der Waals surface area contributed by atoms with Gasteiger partial charge in [-0.2, -0.15) is 0 Å².